The van der Waals surface area contributed by atoms with Gasteiger partial charge < -0.3 is 10.2 Å². The molecule has 22 heavy (non-hydrogen) atoms. The molecule has 0 aromatic heterocycles. The smallest absolute Gasteiger partial charge is 0.125 e. The molecular formula is C20H32O2. The van der Waals surface area contributed by atoms with E-state index in [1.54, 1.807) is 0 Å². The average Bonchev–Trinajstić information content (AvgIpc) is 3.02. The van der Waals surface area contributed by atoms with E-state index in [0.29, 0.717) is 17.4 Å². The van der Waals surface area contributed by atoms with Crippen molar-refractivity contribution >= 4 is 0 Å². The van der Waals surface area contributed by atoms with Gasteiger partial charge in [0.1, 0.15) is 11.5 Å². The first-order chi connectivity index (χ1) is 10.5. The zero-order valence-corrected chi connectivity index (χ0v) is 14.5. The summed E-state index contributed by atoms with van der Waals surface area (Å²) in [4.78, 5) is 0. The van der Waals surface area contributed by atoms with Gasteiger partial charge in [-0.25, -0.2) is 0 Å². The second-order valence-electron chi connectivity index (χ2n) is 7.19. The molecule has 1 fully saturated rings. The number of rotatable bonds is 7. The van der Waals surface area contributed by atoms with Crippen molar-refractivity contribution in [2.75, 3.05) is 0 Å². The number of benzene rings is 1. The molecule has 1 aliphatic carbocycles. The van der Waals surface area contributed by atoms with Crippen LogP contribution in [0.4, 0.5) is 0 Å². The van der Waals surface area contributed by atoms with Crippen LogP contribution in [-0.2, 0) is 6.42 Å². The van der Waals surface area contributed by atoms with Gasteiger partial charge in [0.05, 0.1) is 0 Å². The molecule has 2 heteroatoms. The highest BCUT2D eigenvalue weighted by molar-refractivity contribution is 5.52. The van der Waals surface area contributed by atoms with Crippen LogP contribution in [0.15, 0.2) is 6.07 Å². The van der Waals surface area contributed by atoms with E-state index in [1.807, 2.05) is 19.9 Å². The Balaban J connectivity index is 2.18. The highest BCUT2D eigenvalue weighted by Crippen LogP contribution is 2.41. The molecule has 0 bridgehead atoms. The Labute approximate surface area is 135 Å². The number of phenolic OH excluding ortho intramolecular Hbond substituents is 2. The number of hydrogen-bond donors (Lipinski definition) is 2. The van der Waals surface area contributed by atoms with Crippen LogP contribution < -0.4 is 0 Å². The molecule has 124 valence electrons. The summed E-state index contributed by atoms with van der Waals surface area (Å²) >= 11 is 0. The molecular weight excluding hydrogens is 272 g/mol. The molecule has 0 saturated heterocycles. The standard InChI is InChI=1S/C20H32O2/c1-4-5-6-11-17(16-9-7-8-10-16)13-18-19(21)14(2)12-15(3)20(18)22/h12,16-17,21-22H,4-11,13H2,1-3H3. The van der Waals surface area contributed by atoms with Gasteiger partial charge in [-0.05, 0) is 55.7 Å². The fourth-order valence-electron chi connectivity index (χ4n) is 4.09. The molecule has 0 heterocycles. The lowest BCUT2D eigenvalue weighted by molar-refractivity contribution is 0.299. The van der Waals surface area contributed by atoms with Gasteiger partial charge in [0.25, 0.3) is 0 Å². The lowest BCUT2D eigenvalue weighted by Gasteiger charge is -2.25. The van der Waals surface area contributed by atoms with Crippen molar-refractivity contribution in [2.24, 2.45) is 11.8 Å². The van der Waals surface area contributed by atoms with E-state index in [9.17, 15) is 10.2 Å². The third-order valence-corrected chi connectivity index (χ3v) is 5.46. The van der Waals surface area contributed by atoms with E-state index in [1.165, 1.54) is 51.4 Å². The van der Waals surface area contributed by atoms with Crippen LogP contribution in [0.3, 0.4) is 0 Å². The Bertz CT molecular complexity index is 461. The SMILES string of the molecule is CCCCCC(Cc1c(O)c(C)cc(C)c1O)C1CCCC1. The Morgan fingerprint density at radius 3 is 2.18 bits per heavy atom. The van der Waals surface area contributed by atoms with E-state index in [4.69, 9.17) is 0 Å². The van der Waals surface area contributed by atoms with Gasteiger partial charge in [-0.3, -0.25) is 0 Å². The fourth-order valence-corrected chi connectivity index (χ4v) is 4.09. The summed E-state index contributed by atoms with van der Waals surface area (Å²) in [6, 6.07) is 1.87. The van der Waals surface area contributed by atoms with E-state index < -0.39 is 0 Å². The van der Waals surface area contributed by atoms with Crippen LogP contribution >= 0.6 is 0 Å². The minimum atomic E-state index is 0.307. The number of unbranched alkanes of at least 4 members (excludes halogenated alkanes) is 2. The van der Waals surface area contributed by atoms with Crippen molar-refractivity contribution < 1.29 is 10.2 Å². The summed E-state index contributed by atoms with van der Waals surface area (Å²) in [6.45, 7) is 6.09. The molecule has 1 saturated carbocycles. The Morgan fingerprint density at radius 1 is 1.05 bits per heavy atom. The van der Waals surface area contributed by atoms with Crippen LogP contribution in [0.2, 0.25) is 0 Å². The lowest BCUT2D eigenvalue weighted by Crippen LogP contribution is -2.15. The molecule has 2 nitrogen and oxygen atoms in total. The first-order valence-corrected chi connectivity index (χ1v) is 9.05. The molecule has 0 spiro atoms. The molecule has 1 aromatic carbocycles. The van der Waals surface area contributed by atoms with Crippen molar-refractivity contribution in [2.45, 2.75) is 78.6 Å². The van der Waals surface area contributed by atoms with Gasteiger partial charge in [0.2, 0.25) is 0 Å². The average molecular weight is 304 g/mol. The summed E-state index contributed by atoms with van der Waals surface area (Å²) in [5, 5.41) is 20.8. The van der Waals surface area contributed by atoms with Crippen LogP contribution in [0.5, 0.6) is 11.5 Å². The third kappa shape index (κ3) is 3.97. The monoisotopic (exact) mass is 304 g/mol. The molecule has 0 amide bonds. The Morgan fingerprint density at radius 2 is 1.64 bits per heavy atom. The van der Waals surface area contributed by atoms with Gasteiger partial charge in [-0.2, -0.15) is 0 Å². The van der Waals surface area contributed by atoms with E-state index in [-0.39, 0.29) is 0 Å². The summed E-state index contributed by atoms with van der Waals surface area (Å²) in [6.07, 6.45) is 11.2. The minimum Gasteiger partial charge on any atom is -0.507 e. The van der Waals surface area contributed by atoms with Gasteiger partial charge in [0.15, 0.2) is 0 Å². The molecule has 2 rings (SSSR count). The van der Waals surface area contributed by atoms with Crippen molar-refractivity contribution in [3.8, 4) is 11.5 Å². The highest BCUT2D eigenvalue weighted by atomic mass is 16.3. The van der Waals surface area contributed by atoms with Crippen LogP contribution in [-0.4, -0.2) is 10.2 Å². The minimum absolute atomic E-state index is 0.307. The van der Waals surface area contributed by atoms with Crippen molar-refractivity contribution in [3.63, 3.8) is 0 Å². The second-order valence-corrected chi connectivity index (χ2v) is 7.19. The molecule has 1 aromatic rings. The largest absolute Gasteiger partial charge is 0.507 e. The predicted octanol–water partition coefficient (Wildman–Crippen LogP) is 5.64. The molecule has 1 unspecified atom stereocenters. The van der Waals surface area contributed by atoms with E-state index in [0.717, 1.165) is 29.0 Å². The number of aryl methyl sites for hydroxylation is 2. The van der Waals surface area contributed by atoms with Crippen molar-refractivity contribution in [1.82, 2.24) is 0 Å². The maximum atomic E-state index is 10.4. The first-order valence-electron chi connectivity index (χ1n) is 9.05. The summed E-state index contributed by atoms with van der Waals surface area (Å²) in [5.41, 5.74) is 2.54. The number of aromatic hydroxyl groups is 2. The summed E-state index contributed by atoms with van der Waals surface area (Å²) in [7, 11) is 0. The summed E-state index contributed by atoms with van der Waals surface area (Å²) < 4.78 is 0. The first kappa shape index (κ1) is 17.2. The lowest BCUT2D eigenvalue weighted by atomic mass is 9.81. The molecule has 1 atom stereocenters. The molecule has 0 radical (unpaired) electrons. The Hall–Kier alpha value is -1.18. The highest BCUT2D eigenvalue weighted by Gasteiger charge is 2.27. The topological polar surface area (TPSA) is 40.5 Å². The fraction of sp³-hybridized carbons (Fsp3) is 0.700. The number of phenols is 2. The van der Waals surface area contributed by atoms with Crippen LogP contribution in [0, 0.1) is 25.7 Å². The number of hydrogen-bond acceptors (Lipinski definition) is 2. The molecule has 0 aliphatic heterocycles. The van der Waals surface area contributed by atoms with Gasteiger partial charge in [-0.1, -0.05) is 51.9 Å². The third-order valence-electron chi connectivity index (χ3n) is 5.46. The van der Waals surface area contributed by atoms with E-state index in [2.05, 4.69) is 6.92 Å². The van der Waals surface area contributed by atoms with Crippen molar-refractivity contribution in [1.29, 1.82) is 0 Å². The normalized spacial score (nSPS) is 17.0. The Kier molecular flexibility index (Phi) is 6.16. The maximum absolute atomic E-state index is 10.4. The summed E-state index contributed by atoms with van der Waals surface area (Å²) in [5.74, 6) is 1.99. The van der Waals surface area contributed by atoms with Crippen molar-refractivity contribution in [3.05, 3.63) is 22.8 Å². The van der Waals surface area contributed by atoms with Gasteiger partial charge in [0, 0.05) is 5.56 Å². The predicted molar refractivity (Wildman–Crippen MR) is 92.5 cm³/mol. The van der Waals surface area contributed by atoms with E-state index >= 15 is 0 Å². The second kappa shape index (κ2) is 7.89. The zero-order valence-electron chi connectivity index (χ0n) is 14.5. The van der Waals surface area contributed by atoms with Gasteiger partial charge >= 0.3 is 0 Å². The van der Waals surface area contributed by atoms with Crippen LogP contribution in [0.25, 0.3) is 0 Å². The van der Waals surface area contributed by atoms with Gasteiger partial charge in [-0.15, -0.1) is 0 Å². The maximum Gasteiger partial charge on any atom is 0.125 e. The quantitative estimate of drug-likeness (QED) is 0.640. The zero-order chi connectivity index (χ0) is 16.1. The molecule has 2 N–H and O–H groups in total. The molecule has 1 aliphatic rings. The van der Waals surface area contributed by atoms with Crippen LogP contribution in [0.1, 0.15) is 75.0 Å².